The van der Waals surface area contributed by atoms with Crippen LogP contribution < -0.4 is 29.6 Å². The van der Waals surface area contributed by atoms with Crippen molar-refractivity contribution in [3.8, 4) is 0 Å². The van der Waals surface area contributed by atoms with E-state index in [1.165, 1.54) is 19.3 Å². The fourth-order valence-corrected chi connectivity index (χ4v) is 3.99. The third kappa shape index (κ3) is 10.1. The smallest absolute Gasteiger partial charge is 0.748 e. The third-order valence-electron chi connectivity index (χ3n) is 4.67. The molecule has 10 heteroatoms. The van der Waals surface area contributed by atoms with Crippen LogP contribution in [0.4, 0.5) is 0 Å². The molecular weight excluding hydrogens is 395 g/mol. The van der Waals surface area contributed by atoms with Crippen molar-refractivity contribution in [3.05, 3.63) is 12.2 Å². The van der Waals surface area contributed by atoms with Gasteiger partial charge in [-0.05, 0) is 12.8 Å². The molecule has 2 atom stereocenters. The molecule has 2 unspecified atom stereocenters. The van der Waals surface area contributed by atoms with Crippen LogP contribution in [0.25, 0.3) is 0 Å². The summed E-state index contributed by atoms with van der Waals surface area (Å²) >= 11 is 0. The first-order valence-corrected chi connectivity index (χ1v) is 11.1. The van der Waals surface area contributed by atoms with E-state index in [2.05, 4.69) is 11.9 Å². The number of aliphatic hydroxyl groups excluding tert-OH is 2. The first kappa shape index (κ1) is 27.9. The molecule has 0 amide bonds. The molecule has 0 aromatic heterocycles. The van der Waals surface area contributed by atoms with Crippen LogP contribution in [0.15, 0.2) is 17.1 Å². The van der Waals surface area contributed by atoms with Gasteiger partial charge in [0.15, 0.2) is 0 Å². The van der Waals surface area contributed by atoms with Crippen molar-refractivity contribution in [1.82, 2.24) is 0 Å². The van der Waals surface area contributed by atoms with Crippen molar-refractivity contribution >= 4 is 21.7 Å². The summed E-state index contributed by atoms with van der Waals surface area (Å²) in [7, 11) is -4.58. The second kappa shape index (κ2) is 14.0. The molecule has 1 heterocycles. The number of unbranched alkanes of at least 4 members (excludes halogenated alkanes) is 4. The maximum atomic E-state index is 12.6. The van der Waals surface area contributed by atoms with Gasteiger partial charge in [-0.15, -0.1) is 0 Å². The third-order valence-corrected chi connectivity index (χ3v) is 5.46. The number of allylic oxidation sites excluding steroid dienone is 2. The number of quaternary nitrogens is 1. The number of rotatable bonds is 14. The number of Topliss-reactive ketones (excluding diaryl/α,β-unsaturated/α-hetero) is 1. The average molecular weight is 428 g/mol. The van der Waals surface area contributed by atoms with E-state index in [-0.39, 0.29) is 71.8 Å². The van der Waals surface area contributed by atoms with Crippen LogP contribution in [-0.4, -0.2) is 83.9 Å². The summed E-state index contributed by atoms with van der Waals surface area (Å²) < 4.78 is 32.6. The van der Waals surface area contributed by atoms with Crippen LogP contribution in [0.2, 0.25) is 0 Å². The molecule has 2 N–H and O–H groups in total. The summed E-state index contributed by atoms with van der Waals surface area (Å²) in [4.78, 5) is 16.8. The molecule has 1 aliphatic heterocycles. The Balaban J connectivity index is 0.00000729. The van der Waals surface area contributed by atoms with E-state index in [1.807, 2.05) is 6.08 Å². The van der Waals surface area contributed by atoms with Crippen molar-refractivity contribution < 1.29 is 62.0 Å². The number of hydrogen-bond acceptors (Lipinski definition) is 7. The standard InChI is InChI=1S/C18H32N2O6S.Na/c1-2-3-4-5-6-7-8-9-17(23)18-19-10-11-20(18,12-13-21)14-16(22)15-27(24,25)26;/h7-8,16,21-22H,2-6,9-15H2,1H3;/q;+1/b8-7+;. The Kier molecular flexibility index (Phi) is 13.9. The van der Waals surface area contributed by atoms with E-state index in [1.54, 1.807) is 6.08 Å². The fourth-order valence-electron chi connectivity index (χ4n) is 3.41. The predicted molar refractivity (Wildman–Crippen MR) is 102 cm³/mol. The normalized spacial score (nSPS) is 20.8. The molecule has 8 nitrogen and oxygen atoms in total. The quantitative estimate of drug-likeness (QED) is 0.105. The van der Waals surface area contributed by atoms with E-state index >= 15 is 0 Å². The molecule has 0 aromatic rings. The van der Waals surface area contributed by atoms with Gasteiger partial charge in [0.2, 0.25) is 5.78 Å². The van der Waals surface area contributed by atoms with Crippen LogP contribution >= 0.6 is 0 Å². The molecule has 156 valence electrons. The summed E-state index contributed by atoms with van der Waals surface area (Å²) in [6.45, 7) is 2.67. The van der Waals surface area contributed by atoms with Gasteiger partial charge in [0.1, 0.15) is 25.7 Å². The summed E-state index contributed by atoms with van der Waals surface area (Å²) in [5, 5.41) is 19.4. The van der Waals surface area contributed by atoms with Crippen molar-refractivity contribution in [1.29, 1.82) is 0 Å². The van der Waals surface area contributed by atoms with Crippen LogP contribution in [0.5, 0.6) is 0 Å². The van der Waals surface area contributed by atoms with Gasteiger partial charge in [0.25, 0.3) is 5.84 Å². The van der Waals surface area contributed by atoms with Crippen molar-refractivity contribution in [2.24, 2.45) is 4.99 Å². The zero-order valence-electron chi connectivity index (χ0n) is 17.0. The predicted octanol–water partition coefficient (Wildman–Crippen LogP) is -2.40. The van der Waals surface area contributed by atoms with Gasteiger partial charge < -0.3 is 14.8 Å². The molecule has 1 rings (SSSR count). The van der Waals surface area contributed by atoms with Crippen molar-refractivity contribution in [2.45, 2.75) is 51.6 Å². The Hall–Kier alpha value is -0.130. The van der Waals surface area contributed by atoms with Crippen LogP contribution in [-0.2, 0) is 14.9 Å². The van der Waals surface area contributed by atoms with E-state index in [9.17, 15) is 28.0 Å². The number of hydrogen-bond donors (Lipinski definition) is 2. The molecule has 28 heavy (non-hydrogen) atoms. The molecule has 0 spiro atoms. The van der Waals surface area contributed by atoms with E-state index in [4.69, 9.17) is 0 Å². The van der Waals surface area contributed by atoms with Gasteiger partial charge in [-0.2, -0.15) is 0 Å². The Morgan fingerprint density at radius 2 is 2.04 bits per heavy atom. The number of ketones is 1. The minimum Gasteiger partial charge on any atom is -0.748 e. The minimum absolute atomic E-state index is 0. The Morgan fingerprint density at radius 1 is 1.32 bits per heavy atom. The minimum atomic E-state index is -4.58. The van der Waals surface area contributed by atoms with Crippen molar-refractivity contribution in [2.75, 3.05) is 38.5 Å². The van der Waals surface area contributed by atoms with Crippen LogP contribution in [0, 0.1) is 0 Å². The molecule has 0 radical (unpaired) electrons. The van der Waals surface area contributed by atoms with Gasteiger partial charge >= 0.3 is 29.6 Å². The molecule has 0 fully saturated rings. The van der Waals surface area contributed by atoms with Gasteiger partial charge in [-0.25, -0.2) is 13.4 Å². The van der Waals surface area contributed by atoms with Gasteiger partial charge in [-0.3, -0.25) is 9.28 Å². The zero-order valence-corrected chi connectivity index (χ0v) is 19.9. The van der Waals surface area contributed by atoms with Crippen LogP contribution in [0.3, 0.4) is 0 Å². The van der Waals surface area contributed by atoms with Gasteiger partial charge in [-0.1, -0.05) is 38.3 Å². The number of nitrogens with zero attached hydrogens (tertiary/aromatic N) is 2. The van der Waals surface area contributed by atoms with E-state index in [0.717, 1.165) is 12.8 Å². The SMILES string of the molecule is CCCCCC/C=C/CC(=O)C1=NCC[N+]1(CCO)CC(O)CS(=O)(=O)[O-].[Na+]. The van der Waals surface area contributed by atoms with Crippen molar-refractivity contribution in [3.63, 3.8) is 0 Å². The first-order valence-electron chi connectivity index (χ1n) is 9.56. The number of amidine groups is 1. The molecule has 0 aromatic carbocycles. The summed E-state index contributed by atoms with van der Waals surface area (Å²) in [6.07, 6.45) is 8.08. The maximum absolute atomic E-state index is 12.6. The van der Waals surface area contributed by atoms with Gasteiger partial charge in [0.05, 0.1) is 29.0 Å². The Bertz CT molecular complexity index is 638. The first-order chi connectivity index (χ1) is 12.7. The topological polar surface area (TPSA) is 127 Å². The van der Waals surface area contributed by atoms with Gasteiger partial charge in [0, 0.05) is 6.42 Å². The molecule has 0 saturated carbocycles. The van der Waals surface area contributed by atoms with Crippen LogP contribution in [0.1, 0.15) is 45.4 Å². The molecule has 0 bridgehead atoms. The van der Waals surface area contributed by atoms with E-state index < -0.39 is 22.0 Å². The average Bonchev–Trinajstić information content (AvgIpc) is 2.95. The zero-order chi connectivity index (χ0) is 20.3. The second-order valence-corrected chi connectivity index (χ2v) is 8.48. The van der Waals surface area contributed by atoms with E-state index in [0.29, 0.717) is 13.1 Å². The number of carbonyl (C=O) groups is 1. The maximum Gasteiger partial charge on any atom is 1.00 e. The summed E-state index contributed by atoms with van der Waals surface area (Å²) in [6, 6.07) is 0. The molecular formula is C18H32N2NaO6S+. The molecule has 0 aliphatic carbocycles. The fraction of sp³-hybridized carbons (Fsp3) is 0.778. The monoisotopic (exact) mass is 427 g/mol. The molecule has 1 aliphatic rings. The summed E-state index contributed by atoms with van der Waals surface area (Å²) in [5.41, 5.74) is 0. The second-order valence-electron chi connectivity index (χ2n) is 7.03. The largest absolute Gasteiger partial charge is 1.00 e. The Labute approximate surface area is 190 Å². The Morgan fingerprint density at radius 3 is 2.64 bits per heavy atom. The molecule has 0 saturated heterocycles. The number of carbonyl (C=O) groups excluding carboxylic acids is 1. The number of aliphatic hydroxyl groups is 2. The number of aliphatic imine (C=N–C) groups is 1. The summed E-state index contributed by atoms with van der Waals surface area (Å²) in [5.74, 6) is -0.887.